The molecule has 0 radical (unpaired) electrons. The van der Waals surface area contributed by atoms with Crippen molar-refractivity contribution in [3.05, 3.63) is 35.1 Å². The van der Waals surface area contributed by atoms with Crippen molar-refractivity contribution in [3.8, 4) is 0 Å². The monoisotopic (exact) mass is 458 g/mol. The van der Waals surface area contributed by atoms with Crippen molar-refractivity contribution in [2.75, 3.05) is 0 Å². The number of carbonyl (C=O) groups is 2. The zero-order chi connectivity index (χ0) is 23.8. The summed E-state index contributed by atoms with van der Waals surface area (Å²) in [5.74, 6) is -2.39. The Labute approximate surface area is 173 Å². The van der Waals surface area contributed by atoms with Crippen molar-refractivity contribution in [1.82, 2.24) is 10.2 Å². The van der Waals surface area contributed by atoms with Gasteiger partial charge in [-0.05, 0) is 51.8 Å². The van der Waals surface area contributed by atoms with Crippen molar-refractivity contribution in [2.24, 2.45) is 0 Å². The maximum absolute atomic E-state index is 14.1. The van der Waals surface area contributed by atoms with E-state index in [0.717, 1.165) is 0 Å². The number of piperidine rings is 1. The van der Waals surface area contributed by atoms with E-state index in [-0.39, 0.29) is 11.3 Å². The average Bonchev–Trinajstić information content (AvgIpc) is 2.56. The summed E-state index contributed by atoms with van der Waals surface area (Å²) < 4.78 is 98.2. The van der Waals surface area contributed by atoms with Crippen LogP contribution in [0.2, 0.25) is 0 Å². The second kappa shape index (κ2) is 8.54. The highest BCUT2D eigenvalue weighted by molar-refractivity contribution is 5.86. The summed E-state index contributed by atoms with van der Waals surface area (Å²) in [4.78, 5) is 24.8. The minimum Gasteiger partial charge on any atom is -0.444 e. The summed E-state index contributed by atoms with van der Waals surface area (Å²) in [7, 11) is 0. The van der Waals surface area contributed by atoms with E-state index >= 15 is 0 Å². The fraction of sp³-hybridized carbons (Fsp3) is 0.579. The number of benzene rings is 1. The van der Waals surface area contributed by atoms with Crippen LogP contribution in [0.3, 0.4) is 0 Å². The fourth-order valence-corrected chi connectivity index (χ4v) is 3.13. The van der Waals surface area contributed by atoms with Crippen molar-refractivity contribution in [2.45, 2.75) is 70.2 Å². The molecule has 0 aliphatic carbocycles. The highest BCUT2D eigenvalue weighted by Crippen LogP contribution is 2.35. The number of hydrogen-bond donors (Lipinski definition) is 1. The summed E-state index contributed by atoms with van der Waals surface area (Å²) >= 11 is 0. The third kappa shape index (κ3) is 6.47. The van der Waals surface area contributed by atoms with Gasteiger partial charge in [-0.3, -0.25) is 4.79 Å². The number of nitrogens with one attached hydrogen (secondary N) is 1. The highest BCUT2D eigenvalue weighted by Gasteiger charge is 2.50. The molecule has 0 aromatic heterocycles. The first kappa shape index (κ1) is 24.7. The molecule has 2 amide bonds. The Bertz CT molecular complexity index is 831. The molecule has 31 heavy (non-hydrogen) atoms. The first-order chi connectivity index (χ1) is 14.0. The van der Waals surface area contributed by atoms with Gasteiger partial charge in [0.1, 0.15) is 23.5 Å². The van der Waals surface area contributed by atoms with Crippen LogP contribution in [0.5, 0.6) is 0 Å². The number of alkyl halides is 6. The quantitative estimate of drug-likeness (QED) is 0.663. The lowest BCUT2D eigenvalue weighted by Crippen LogP contribution is -2.59. The second-order valence-electron chi connectivity index (χ2n) is 8.10. The van der Waals surface area contributed by atoms with E-state index in [1.165, 1.54) is 20.8 Å². The highest BCUT2D eigenvalue weighted by atomic mass is 19.4. The van der Waals surface area contributed by atoms with Crippen molar-refractivity contribution in [1.29, 1.82) is 0 Å². The van der Waals surface area contributed by atoms with Crippen LogP contribution in [0.25, 0.3) is 0 Å². The fourth-order valence-electron chi connectivity index (χ4n) is 3.13. The SMILES string of the molecule is CC(C)(C)OC(=O)N[C@@H]1CC[C@@H](C(F)(F)F)N(Cc2cc(C(F)(F)F)ccc2F)C1=O. The van der Waals surface area contributed by atoms with Gasteiger partial charge in [-0.1, -0.05) is 0 Å². The number of likely N-dealkylation sites (tertiary alicyclic amines) is 1. The molecule has 1 fully saturated rings. The van der Waals surface area contributed by atoms with Crippen LogP contribution >= 0.6 is 0 Å². The molecule has 0 saturated carbocycles. The zero-order valence-corrected chi connectivity index (χ0v) is 16.8. The number of carbonyl (C=O) groups excluding carboxylic acids is 2. The lowest BCUT2D eigenvalue weighted by Gasteiger charge is -2.40. The van der Waals surface area contributed by atoms with Crippen LogP contribution in [0.1, 0.15) is 44.7 Å². The molecule has 5 nitrogen and oxygen atoms in total. The molecule has 174 valence electrons. The number of alkyl carbamates (subject to hydrolysis) is 1. The molecule has 1 aromatic rings. The molecule has 1 aromatic carbocycles. The Morgan fingerprint density at radius 3 is 2.26 bits per heavy atom. The average molecular weight is 458 g/mol. The molecule has 2 rings (SSSR count). The Balaban J connectivity index is 2.32. The molecule has 12 heteroatoms. The van der Waals surface area contributed by atoms with E-state index in [9.17, 15) is 40.3 Å². The van der Waals surface area contributed by atoms with Gasteiger partial charge in [-0.25, -0.2) is 9.18 Å². The van der Waals surface area contributed by atoms with E-state index < -0.39 is 71.9 Å². The summed E-state index contributed by atoms with van der Waals surface area (Å²) in [6, 6.07) is -2.45. The van der Waals surface area contributed by atoms with Gasteiger partial charge < -0.3 is 15.0 Å². The van der Waals surface area contributed by atoms with Crippen molar-refractivity contribution < 1.29 is 45.1 Å². The number of amides is 2. The molecule has 1 saturated heterocycles. The van der Waals surface area contributed by atoms with Crippen LogP contribution in [0.4, 0.5) is 35.5 Å². The lowest BCUT2D eigenvalue weighted by molar-refractivity contribution is -0.199. The Hall–Kier alpha value is -2.53. The van der Waals surface area contributed by atoms with E-state index in [2.05, 4.69) is 5.32 Å². The molecule has 1 N–H and O–H groups in total. The number of ether oxygens (including phenoxy) is 1. The topological polar surface area (TPSA) is 58.6 Å². The standard InChI is InChI=1S/C19H21F7N2O3/c1-17(2,3)31-16(30)27-13-6-7-14(19(24,25)26)28(15(13)29)9-10-8-11(18(21,22)23)4-5-12(10)20/h4-5,8,13-14H,6-7,9H2,1-3H3,(H,27,30)/t13-,14+/m1/s1. The Morgan fingerprint density at radius 1 is 1.13 bits per heavy atom. The van der Waals surface area contributed by atoms with Gasteiger partial charge in [-0.15, -0.1) is 0 Å². The maximum Gasteiger partial charge on any atom is 0.416 e. The number of halogens is 7. The molecule has 1 heterocycles. The lowest BCUT2D eigenvalue weighted by atomic mass is 9.95. The molecule has 2 atom stereocenters. The molecule has 0 bridgehead atoms. The van der Waals surface area contributed by atoms with Crippen LogP contribution < -0.4 is 5.32 Å². The maximum atomic E-state index is 14.1. The minimum atomic E-state index is -4.90. The normalized spacial score (nSPS) is 20.6. The molecule has 1 aliphatic rings. The molecule has 0 spiro atoms. The Kier molecular flexibility index (Phi) is 6.82. The van der Waals surface area contributed by atoms with Crippen LogP contribution in [0.15, 0.2) is 18.2 Å². The van der Waals surface area contributed by atoms with Gasteiger partial charge in [0.15, 0.2) is 0 Å². The third-order valence-corrected chi connectivity index (χ3v) is 4.47. The van der Waals surface area contributed by atoms with Gasteiger partial charge in [0.25, 0.3) is 0 Å². The van der Waals surface area contributed by atoms with Gasteiger partial charge in [0.05, 0.1) is 5.56 Å². The third-order valence-electron chi connectivity index (χ3n) is 4.47. The van der Waals surface area contributed by atoms with E-state index in [0.29, 0.717) is 18.2 Å². The van der Waals surface area contributed by atoms with E-state index in [1.54, 1.807) is 0 Å². The predicted molar refractivity (Wildman–Crippen MR) is 94.2 cm³/mol. The van der Waals surface area contributed by atoms with Gasteiger partial charge in [0, 0.05) is 12.1 Å². The molecule has 1 aliphatic heterocycles. The van der Waals surface area contributed by atoms with Gasteiger partial charge in [0.2, 0.25) is 5.91 Å². The zero-order valence-electron chi connectivity index (χ0n) is 16.8. The van der Waals surface area contributed by atoms with Crippen LogP contribution in [0, 0.1) is 5.82 Å². The largest absolute Gasteiger partial charge is 0.444 e. The summed E-state index contributed by atoms with van der Waals surface area (Å²) in [6.07, 6.45) is -11.8. The summed E-state index contributed by atoms with van der Waals surface area (Å²) in [5, 5.41) is 2.17. The predicted octanol–water partition coefficient (Wildman–Crippen LogP) is 4.79. The van der Waals surface area contributed by atoms with Crippen LogP contribution in [-0.4, -0.2) is 40.8 Å². The van der Waals surface area contributed by atoms with E-state index in [4.69, 9.17) is 4.74 Å². The number of rotatable bonds is 3. The molecular formula is C19H21F7N2O3. The molecular weight excluding hydrogens is 437 g/mol. The Morgan fingerprint density at radius 2 is 1.74 bits per heavy atom. The van der Waals surface area contributed by atoms with Crippen LogP contribution in [-0.2, 0) is 22.3 Å². The van der Waals surface area contributed by atoms with Crippen molar-refractivity contribution in [3.63, 3.8) is 0 Å². The smallest absolute Gasteiger partial charge is 0.416 e. The first-order valence-corrected chi connectivity index (χ1v) is 9.21. The summed E-state index contributed by atoms with van der Waals surface area (Å²) in [6.45, 7) is 3.57. The van der Waals surface area contributed by atoms with E-state index in [1.807, 2.05) is 0 Å². The first-order valence-electron chi connectivity index (χ1n) is 9.21. The van der Waals surface area contributed by atoms with Gasteiger partial charge >= 0.3 is 18.4 Å². The molecule has 0 unspecified atom stereocenters. The van der Waals surface area contributed by atoms with Crippen molar-refractivity contribution >= 4 is 12.0 Å². The second-order valence-corrected chi connectivity index (χ2v) is 8.10. The number of hydrogen-bond acceptors (Lipinski definition) is 3. The summed E-state index contributed by atoms with van der Waals surface area (Å²) in [5.41, 5.74) is -2.92. The minimum absolute atomic E-state index is 0.240. The van der Waals surface area contributed by atoms with Gasteiger partial charge in [-0.2, -0.15) is 26.3 Å². The number of nitrogens with zero attached hydrogens (tertiary/aromatic N) is 1.